The third kappa shape index (κ3) is 3.98. The van der Waals surface area contributed by atoms with Gasteiger partial charge in [-0.15, -0.1) is 0 Å². The maximum Gasteiger partial charge on any atom is 0.322 e. The highest BCUT2D eigenvalue weighted by Gasteiger charge is 2.67. The molecule has 0 spiro atoms. The second-order valence-corrected chi connectivity index (χ2v) is 7.03. The molecule has 2 aromatic carbocycles. The predicted molar refractivity (Wildman–Crippen MR) is 101 cm³/mol. The van der Waals surface area contributed by atoms with Crippen molar-refractivity contribution in [3.8, 4) is 0 Å². The Hall–Kier alpha value is -2.40. The second-order valence-electron chi connectivity index (χ2n) is 6.60. The van der Waals surface area contributed by atoms with Crippen LogP contribution in [0.4, 0.5) is 4.39 Å². The van der Waals surface area contributed by atoms with Gasteiger partial charge in [0.2, 0.25) is 5.91 Å². The van der Waals surface area contributed by atoms with Crippen molar-refractivity contribution < 1.29 is 18.7 Å². The zero-order valence-electron chi connectivity index (χ0n) is 15.0. The molecule has 1 amide bonds. The SMILES string of the molecule is CCOC(=O)C1(C(=O)NCCc2ccccc2F)CC1c1ccc(Cl)cc1. The summed E-state index contributed by atoms with van der Waals surface area (Å²) in [6.07, 6.45) is 0.738. The fourth-order valence-corrected chi connectivity index (χ4v) is 3.49. The smallest absolute Gasteiger partial charge is 0.322 e. The topological polar surface area (TPSA) is 55.4 Å². The molecule has 1 fully saturated rings. The number of amides is 1. The Morgan fingerprint density at radius 2 is 1.93 bits per heavy atom. The lowest BCUT2D eigenvalue weighted by molar-refractivity contribution is -0.154. The highest BCUT2D eigenvalue weighted by molar-refractivity contribution is 6.30. The number of halogens is 2. The van der Waals surface area contributed by atoms with Gasteiger partial charge in [-0.3, -0.25) is 9.59 Å². The molecule has 0 aliphatic heterocycles. The average Bonchev–Trinajstić information content (AvgIpc) is 3.41. The first kappa shape index (κ1) is 19.4. The minimum atomic E-state index is -1.22. The molecule has 0 bridgehead atoms. The van der Waals surface area contributed by atoms with Gasteiger partial charge in [-0.05, 0) is 49.1 Å². The third-order valence-electron chi connectivity index (χ3n) is 4.92. The molecule has 2 aromatic rings. The molecule has 2 atom stereocenters. The molecule has 0 heterocycles. The van der Waals surface area contributed by atoms with Crippen molar-refractivity contribution in [2.24, 2.45) is 5.41 Å². The number of carbonyl (C=O) groups is 2. The lowest BCUT2D eigenvalue weighted by atomic mass is 9.97. The number of nitrogens with one attached hydrogen (secondary N) is 1. The summed E-state index contributed by atoms with van der Waals surface area (Å²) in [5, 5.41) is 3.37. The number of hydrogen-bond acceptors (Lipinski definition) is 3. The van der Waals surface area contributed by atoms with Crippen molar-refractivity contribution in [3.05, 3.63) is 70.5 Å². The summed E-state index contributed by atoms with van der Waals surface area (Å²) in [7, 11) is 0. The molecule has 27 heavy (non-hydrogen) atoms. The highest BCUT2D eigenvalue weighted by atomic mass is 35.5. The summed E-state index contributed by atoms with van der Waals surface area (Å²) in [5.74, 6) is -1.45. The number of benzene rings is 2. The molecular formula is C21H21ClFNO3. The molecule has 1 saturated carbocycles. The van der Waals surface area contributed by atoms with E-state index in [1.807, 2.05) is 12.1 Å². The molecule has 142 valence electrons. The number of hydrogen-bond donors (Lipinski definition) is 1. The summed E-state index contributed by atoms with van der Waals surface area (Å²) in [4.78, 5) is 25.4. The molecule has 2 unspecified atom stereocenters. The van der Waals surface area contributed by atoms with Crippen molar-refractivity contribution >= 4 is 23.5 Å². The van der Waals surface area contributed by atoms with Crippen molar-refractivity contribution in [2.75, 3.05) is 13.2 Å². The first-order valence-corrected chi connectivity index (χ1v) is 9.31. The van der Waals surface area contributed by atoms with Crippen molar-refractivity contribution in [1.29, 1.82) is 0 Å². The van der Waals surface area contributed by atoms with Crippen LogP contribution in [0, 0.1) is 11.2 Å². The van der Waals surface area contributed by atoms with E-state index in [9.17, 15) is 14.0 Å². The van der Waals surface area contributed by atoms with Crippen LogP contribution in [0.5, 0.6) is 0 Å². The summed E-state index contributed by atoms with van der Waals surface area (Å²) in [5.41, 5.74) is 0.170. The first-order chi connectivity index (χ1) is 13.0. The van der Waals surface area contributed by atoms with Crippen molar-refractivity contribution in [3.63, 3.8) is 0 Å². The Labute approximate surface area is 162 Å². The zero-order valence-corrected chi connectivity index (χ0v) is 15.8. The van der Waals surface area contributed by atoms with E-state index in [-0.39, 0.29) is 30.8 Å². The lowest BCUT2D eigenvalue weighted by Crippen LogP contribution is -2.40. The van der Waals surface area contributed by atoms with E-state index < -0.39 is 11.4 Å². The van der Waals surface area contributed by atoms with Gasteiger partial charge in [0, 0.05) is 17.5 Å². The average molecular weight is 390 g/mol. The van der Waals surface area contributed by atoms with Gasteiger partial charge in [0.05, 0.1) is 6.61 Å². The van der Waals surface area contributed by atoms with Crippen LogP contribution in [-0.2, 0) is 20.7 Å². The summed E-state index contributed by atoms with van der Waals surface area (Å²) < 4.78 is 18.9. The van der Waals surface area contributed by atoms with Gasteiger partial charge in [0.25, 0.3) is 0 Å². The van der Waals surface area contributed by atoms with Gasteiger partial charge in [-0.25, -0.2) is 4.39 Å². The minimum absolute atomic E-state index is 0.205. The third-order valence-corrected chi connectivity index (χ3v) is 5.17. The molecule has 0 aromatic heterocycles. The highest BCUT2D eigenvalue weighted by Crippen LogP contribution is 2.60. The van der Waals surface area contributed by atoms with Crippen LogP contribution in [0.15, 0.2) is 48.5 Å². The Kier molecular flexibility index (Phi) is 5.80. The van der Waals surface area contributed by atoms with Crippen LogP contribution in [-0.4, -0.2) is 25.0 Å². The number of esters is 1. The normalized spacial score (nSPS) is 20.8. The largest absolute Gasteiger partial charge is 0.465 e. The molecule has 1 N–H and O–H groups in total. The van der Waals surface area contributed by atoms with Crippen LogP contribution in [0.25, 0.3) is 0 Å². The Bertz CT molecular complexity index is 840. The van der Waals surface area contributed by atoms with Gasteiger partial charge < -0.3 is 10.1 Å². The molecule has 3 rings (SSSR count). The molecule has 1 aliphatic carbocycles. The maximum absolute atomic E-state index is 13.7. The van der Waals surface area contributed by atoms with Gasteiger partial charge in [-0.2, -0.15) is 0 Å². The van der Waals surface area contributed by atoms with E-state index in [1.165, 1.54) is 6.07 Å². The van der Waals surface area contributed by atoms with Crippen LogP contribution < -0.4 is 5.32 Å². The lowest BCUT2D eigenvalue weighted by Gasteiger charge is -2.16. The summed E-state index contributed by atoms with van der Waals surface area (Å²) in [6, 6.07) is 13.5. The summed E-state index contributed by atoms with van der Waals surface area (Å²) in [6.45, 7) is 2.16. The monoisotopic (exact) mass is 389 g/mol. The van der Waals surface area contributed by atoms with E-state index in [0.717, 1.165) is 5.56 Å². The van der Waals surface area contributed by atoms with E-state index in [4.69, 9.17) is 16.3 Å². The number of carbonyl (C=O) groups excluding carboxylic acids is 2. The molecule has 0 saturated heterocycles. The van der Waals surface area contributed by atoms with Gasteiger partial charge >= 0.3 is 5.97 Å². The molecule has 4 nitrogen and oxygen atoms in total. The maximum atomic E-state index is 13.7. The Morgan fingerprint density at radius 1 is 1.22 bits per heavy atom. The van der Waals surface area contributed by atoms with Crippen LogP contribution in [0.1, 0.15) is 30.4 Å². The number of rotatable bonds is 7. The molecule has 6 heteroatoms. The van der Waals surface area contributed by atoms with Crippen LogP contribution in [0.2, 0.25) is 5.02 Å². The quantitative estimate of drug-likeness (QED) is 0.577. The molecular weight excluding hydrogens is 369 g/mol. The van der Waals surface area contributed by atoms with Crippen molar-refractivity contribution in [1.82, 2.24) is 5.32 Å². The predicted octanol–water partition coefficient (Wildman–Crippen LogP) is 3.87. The first-order valence-electron chi connectivity index (χ1n) is 8.93. The van der Waals surface area contributed by atoms with Gasteiger partial charge in [0.15, 0.2) is 5.41 Å². The Balaban J connectivity index is 1.70. The standard InChI is InChI=1S/C21H21ClFNO3/c1-2-27-20(26)21(13-17(21)14-7-9-16(22)10-8-14)19(25)24-12-11-15-5-3-4-6-18(15)23/h3-10,17H,2,11-13H2,1H3,(H,24,25). The van der Waals surface area contributed by atoms with Crippen molar-refractivity contribution in [2.45, 2.75) is 25.7 Å². The van der Waals surface area contributed by atoms with E-state index in [2.05, 4.69) is 5.32 Å². The Morgan fingerprint density at radius 3 is 2.59 bits per heavy atom. The van der Waals surface area contributed by atoms with Crippen LogP contribution in [0.3, 0.4) is 0 Å². The van der Waals surface area contributed by atoms with E-state index in [1.54, 1.807) is 37.3 Å². The van der Waals surface area contributed by atoms with Gasteiger partial charge in [-0.1, -0.05) is 41.9 Å². The summed E-state index contributed by atoms with van der Waals surface area (Å²) >= 11 is 5.92. The van der Waals surface area contributed by atoms with E-state index >= 15 is 0 Å². The fraction of sp³-hybridized carbons (Fsp3) is 0.333. The molecule has 1 aliphatic rings. The second kappa shape index (κ2) is 8.09. The van der Waals surface area contributed by atoms with E-state index in [0.29, 0.717) is 23.4 Å². The van der Waals surface area contributed by atoms with Crippen LogP contribution >= 0.6 is 11.6 Å². The fourth-order valence-electron chi connectivity index (χ4n) is 3.36. The zero-order chi connectivity index (χ0) is 19.4. The molecule has 0 radical (unpaired) electrons. The minimum Gasteiger partial charge on any atom is -0.465 e. The van der Waals surface area contributed by atoms with Gasteiger partial charge in [0.1, 0.15) is 5.82 Å². The number of ether oxygens (including phenoxy) is 1.